The summed E-state index contributed by atoms with van der Waals surface area (Å²) in [5.41, 5.74) is 4.35. The molecule has 0 heterocycles. The molecule has 30 heavy (non-hydrogen) atoms. The Morgan fingerprint density at radius 1 is 1.07 bits per heavy atom. The van der Waals surface area contributed by atoms with Gasteiger partial charge in [-0.3, -0.25) is 4.79 Å². The minimum absolute atomic E-state index is 0.0759. The Labute approximate surface area is 179 Å². The molecule has 1 N–H and O–H groups in total. The molecule has 1 amide bonds. The molecule has 0 aliphatic heterocycles. The van der Waals surface area contributed by atoms with Crippen molar-refractivity contribution in [3.05, 3.63) is 89.6 Å². The molecule has 156 valence electrons. The van der Waals surface area contributed by atoms with Gasteiger partial charge in [-0.2, -0.15) is 0 Å². The highest BCUT2D eigenvalue weighted by atomic mass is 16.3. The Balaban J connectivity index is 1.50. The number of rotatable bonds is 6. The summed E-state index contributed by atoms with van der Waals surface area (Å²) in [6.45, 7) is 5.14. The molecule has 2 fully saturated rings. The zero-order valence-corrected chi connectivity index (χ0v) is 17.6. The SMILES string of the molecule is C=C1CCC(N(C(=O)c2ccc(O)cc2)C2CC2)C/C1=C/N(C)Cc1ccccc1. The number of aromatic hydroxyl groups is 1. The average Bonchev–Trinajstić information content (AvgIpc) is 3.57. The first kappa shape index (κ1) is 20.3. The first-order valence-corrected chi connectivity index (χ1v) is 10.8. The van der Waals surface area contributed by atoms with Crippen LogP contribution < -0.4 is 0 Å². The van der Waals surface area contributed by atoms with Gasteiger partial charge in [-0.15, -0.1) is 0 Å². The maximum Gasteiger partial charge on any atom is 0.254 e. The van der Waals surface area contributed by atoms with Gasteiger partial charge in [0.15, 0.2) is 0 Å². The molecular weight excluding hydrogens is 372 g/mol. The van der Waals surface area contributed by atoms with E-state index in [9.17, 15) is 9.90 Å². The third-order valence-corrected chi connectivity index (χ3v) is 6.02. The number of carbonyl (C=O) groups excluding carboxylic acids is 1. The van der Waals surface area contributed by atoms with E-state index in [4.69, 9.17) is 0 Å². The van der Waals surface area contributed by atoms with Crippen molar-refractivity contribution in [1.82, 2.24) is 9.80 Å². The Bertz CT molecular complexity index is 929. The van der Waals surface area contributed by atoms with Crippen LogP contribution in [0.2, 0.25) is 0 Å². The summed E-state index contributed by atoms with van der Waals surface area (Å²) >= 11 is 0. The van der Waals surface area contributed by atoms with Crippen LogP contribution in [-0.4, -0.2) is 39.9 Å². The van der Waals surface area contributed by atoms with E-state index in [1.807, 2.05) is 6.07 Å². The Kier molecular flexibility index (Phi) is 5.93. The standard InChI is InChI=1S/C26H30N2O2/c1-19-8-11-24(16-22(19)18-27(2)17-20-6-4-3-5-7-20)28(23-12-13-23)26(30)21-9-14-25(29)15-10-21/h3-7,9-10,14-15,18,23-24,29H,1,8,11-13,16-17H2,2H3/b22-18-. The summed E-state index contributed by atoms with van der Waals surface area (Å²) in [4.78, 5) is 17.6. The summed E-state index contributed by atoms with van der Waals surface area (Å²) in [7, 11) is 2.09. The van der Waals surface area contributed by atoms with Crippen molar-refractivity contribution in [1.29, 1.82) is 0 Å². The van der Waals surface area contributed by atoms with Crippen LogP contribution in [0.4, 0.5) is 0 Å². The molecule has 1 atom stereocenters. The Hall–Kier alpha value is -3.01. The van der Waals surface area contributed by atoms with Crippen molar-refractivity contribution >= 4 is 5.91 Å². The zero-order chi connectivity index (χ0) is 21.1. The molecule has 0 aromatic heterocycles. The minimum atomic E-state index is 0.0759. The Morgan fingerprint density at radius 2 is 1.77 bits per heavy atom. The second kappa shape index (κ2) is 8.78. The molecular formula is C26H30N2O2. The fourth-order valence-corrected chi connectivity index (χ4v) is 4.30. The van der Waals surface area contributed by atoms with Gasteiger partial charge in [-0.05, 0) is 67.5 Å². The number of nitrogens with zero attached hydrogens (tertiary/aromatic N) is 2. The van der Waals surface area contributed by atoms with E-state index >= 15 is 0 Å². The van der Waals surface area contributed by atoms with Gasteiger partial charge < -0.3 is 14.9 Å². The lowest BCUT2D eigenvalue weighted by molar-refractivity contribution is 0.0642. The number of hydrogen-bond acceptors (Lipinski definition) is 3. The van der Waals surface area contributed by atoms with Crippen LogP contribution in [0.15, 0.2) is 78.5 Å². The molecule has 2 aliphatic carbocycles. The van der Waals surface area contributed by atoms with Crippen LogP contribution in [0, 0.1) is 0 Å². The van der Waals surface area contributed by atoms with Gasteiger partial charge in [0.1, 0.15) is 5.75 Å². The van der Waals surface area contributed by atoms with Crippen molar-refractivity contribution in [3.8, 4) is 5.75 Å². The molecule has 4 nitrogen and oxygen atoms in total. The molecule has 0 spiro atoms. The lowest BCUT2D eigenvalue weighted by atomic mass is 9.86. The van der Waals surface area contributed by atoms with Crippen molar-refractivity contribution in [3.63, 3.8) is 0 Å². The molecule has 0 saturated heterocycles. The number of allylic oxidation sites excluding steroid dienone is 1. The maximum absolute atomic E-state index is 13.3. The van der Waals surface area contributed by atoms with Gasteiger partial charge in [-0.1, -0.05) is 42.5 Å². The van der Waals surface area contributed by atoms with Crippen LogP contribution in [0.5, 0.6) is 5.75 Å². The van der Waals surface area contributed by atoms with Crippen molar-refractivity contribution in [2.75, 3.05) is 7.05 Å². The molecule has 2 aromatic rings. The van der Waals surface area contributed by atoms with Gasteiger partial charge in [0.2, 0.25) is 0 Å². The molecule has 0 bridgehead atoms. The highest BCUT2D eigenvalue weighted by Gasteiger charge is 2.39. The van der Waals surface area contributed by atoms with E-state index in [1.54, 1.807) is 24.3 Å². The summed E-state index contributed by atoms with van der Waals surface area (Å²) in [6, 6.07) is 17.6. The number of hydrogen-bond donors (Lipinski definition) is 1. The maximum atomic E-state index is 13.3. The van der Waals surface area contributed by atoms with E-state index in [1.165, 1.54) is 16.7 Å². The van der Waals surface area contributed by atoms with E-state index in [0.29, 0.717) is 11.6 Å². The fraction of sp³-hybridized carbons (Fsp3) is 0.346. The predicted molar refractivity (Wildman–Crippen MR) is 120 cm³/mol. The van der Waals surface area contributed by atoms with Gasteiger partial charge in [0.05, 0.1) is 0 Å². The number of benzene rings is 2. The third kappa shape index (κ3) is 4.76. The molecule has 2 aromatic carbocycles. The van der Waals surface area contributed by atoms with Gasteiger partial charge in [-0.25, -0.2) is 0 Å². The number of phenols is 1. The highest BCUT2D eigenvalue weighted by Crippen LogP contribution is 2.38. The number of amides is 1. The van der Waals surface area contributed by atoms with Crippen molar-refractivity contribution in [2.45, 2.75) is 50.7 Å². The minimum Gasteiger partial charge on any atom is -0.508 e. The van der Waals surface area contributed by atoms with Crippen LogP contribution in [-0.2, 0) is 6.54 Å². The first-order chi connectivity index (χ1) is 14.5. The molecule has 0 radical (unpaired) electrons. The smallest absolute Gasteiger partial charge is 0.254 e. The molecule has 2 aliphatic rings. The second-order valence-electron chi connectivity index (χ2n) is 8.55. The van der Waals surface area contributed by atoms with E-state index in [-0.39, 0.29) is 17.7 Å². The first-order valence-electron chi connectivity index (χ1n) is 10.8. The van der Waals surface area contributed by atoms with Crippen LogP contribution in [0.25, 0.3) is 0 Å². The second-order valence-corrected chi connectivity index (χ2v) is 8.55. The van der Waals surface area contributed by atoms with E-state index < -0.39 is 0 Å². The summed E-state index contributed by atoms with van der Waals surface area (Å²) in [5.74, 6) is 0.261. The lowest BCUT2D eigenvalue weighted by Gasteiger charge is -2.37. The number of carbonyl (C=O) groups is 1. The monoisotopic (exact) mass is 402 g/mol. The normalized spacial score (nSPS) is 20.2. The van der Waals surface area contributed by atoms with Gasteiger partial charge >= 0.3 is 0 Å². The molecule has 4 heteroatoms. The van der Waals surface area contributed by atoms with Crippen LogP contribution >= 0.6 is 0 Å². The largest absolute Gasteiger partial charge is 0.508 e. The van der Waals surface area contributed by atoms with Crippen LogP contribution in [0.3, 0.4) is 0 Å². The van der Waals surface area contributed by atoms with Crippen LogP contribution in [0.1, 0.15) is 48.0 Å². The molecule has 4 rings (SSSR count). The summed E-state index contributed by atoms with van der Waals surface area (Å²) in [5, 5.41) is 9.55. The van der Waals surface area contributed by atoms with E-state index in [2.05, 4.69) is 53.9 Å². The van der Waals surface area contributed by atoms with Crippen molar-refractivity contribution in [2.24, 2.45) is 0 Å². The average molecular weight is 403 g/mol. The topological polar surface area (TPSA) is 43.8 Å². The number of phenolic OH excluding ortho intramolecular Hbond substituents is 1. The predicted octanol–water partition coefficient (Wildman–Crippen LogP) is 5.12. The van der Waals surface area contributed by atoms with Gasteiger partial charge in [0.25, 0.3) is 5.91 Å². The van der Waals surface area contributed by atoms with E-state index in [0.717, 1.165) is 38.6 Å². The third-order valence-electron chi connectivity index (χ3n) is 6.02. The molecule has 2 saturated carbocycles. The quantitative estimate of drug-likeness (QED) is 0.729. The fourth-order valence-electron chi connectivity index (χ4n) is 4.30. The van der Waals surface area contributed by atoms with Crippen molar-refractivity contribution < 1.29 is 9.90 Å². The summed E-state index contributed by atoms with van der Waals surface area (Å²) < 4.78 is 0. The Morgan fingerprint density at radius 3 is 2.43 bits per heavy atom. The zero-order valence-electron chi connectivity index (χ0n) is 17.6. The molecule has 1 unspecified atom stereocenters. The lowest BCUT2D eigenvalue weighted by Crippen LogP contribution is -2.43. The highest BCUT2D eigenvalue weighted by molar-refractivity contribution is 5.95. The summed E-state index contributed by atoms with van der Waals surface area (Å²) in [6.07, 6.45) is 7.08. The van der Waals surface area contributed by atoms with Gasteiger partial charge in [0, 0.05) is 37.4 Å².